The summed E-state index contributed by atoms with van der Waals surface area (Å²) < 4.78 is 16.6. The Bertz CT molecular complexity index is 907. The highest BCUT2D eigenvalue weighted by Gasteiger charge is 2.23. The van der Waals surface area contributed by atoms with Gasteiger partial charge >= 0.3 is 0 Å². The highest BCUT2D eigenvalue weighted by Crippen LogP contribution is 2.37. The molecule has 2 aromatic carbocycles. The molecule has 1 unspecified atom stereocenters. The number of rotatable bonds is 6. The van der Waals surface area contributed by atoms with Gasteiger partial charge in [-0.25, -0.2) is 0 Å². The Morgan fingerprint density at radius 1 is 1.14 bits per heavy atom. The Morgan fingerprint density at radius 2 is 1.97 bits per heavy atom. The molecule has 0 saturated carbocycles. The van der Waals surface area contributed by atoms with Crippen molar-refractivity contribution in [1.29, 1.82) is 0 Å². The normalized spacial score (nSPS) is 17.5. The third-order valence-electron chi connectivity index (χ3n) is 5.02. The lowest BCUT2D eigenvalue weighted by atomic mass is 10.0. The second-order valence-corrected chi connectivity index (χ2v) is 7.70. The lowest BCUT2D eigenvalue weighted by Gasteiger charge is -2.32. The number of benzene rings is 2. The zero-order valence-electron chi connectivity index (χ0n) is 16.1. The van der Waals surface area contributed by atoms with Crippen molar-refractivity contribution in [3.05, 3.63) is 41.4 Å². The summed E-state index contributed by atoms with van der Waals surface area (Å²) in [6.07, 6.45) is -0.709. The van der Waals surface area contributed by atoms with E-state index in [2.05, 4.69) is 0 Å². The maximum Gasteiger partial charge on any atom is 0.236 e. The van der Waals surface area contributed by atoms with E-state index in [1.807, 2.05) is 35.2 Å². The fourth-order valence-electron chi connectivity index (χ4n) is 3.40. The van der Waals surface area contributed by atoms with Gasteiger partial charge in [-0.05, 0) is 41.5 Å². The van der Waals surface area contributed by atoms with E-state index in [1.54, 1.807) is 18.0 Å². The van der Waals surface area contributed by atoms with Gasteiger partial charge < -0.3 is 24.2 Å². The van der Waals surface area contributed by atoms with E-state index < -0.39 is 6.10 Å². The first-order valence-electron chi connectivity index (χ1n) is 9.46. The smallest absolute Gasteiger partial charge is 0.236 e. The van der Waals surface area contributed by atoms with Crippen LogP contribution in [0, 0.1) is 0 Å². The number of carbonyl (C=O) groups excluding carboxylic acids is 1. The van der Waals surface area contributed by atoms with E-state index in [4.69, 9.17) is 25.8 Å². The van der Waals surface area contributed by atoms with Crippen LogP contribution in [0.15, 0.2) is 36.4 Å². The standard InChI is InChI=1S/C21H23ClN2O5/c1-23-4-5-24(11-21(23)26)10-17(25)12-27-18-7-15(6-16(22)9-18)14-2-3-19-20(8-14)29-13-28-19/h2-3,6-9,17,25H,4-5,10-13H2,1H3. The van der Waals surface area contributed by atoms with Gasteiger partial charge in [0, 0.05) is 31.7 Å². The molecule has 0 bridgehead atoms. The van der Waals surface area contributed by atoms with Gasteiger partial charge in [-0.3, -0.25) is 9.69 Å². The van der Waals surface area contributed by atoms with Gasteiger partial charge in [0.2, 0.25) is 12.7 Å². The molecule has 1 atom stereocenters. The van der Waals surface area contributed by atoms with Gasteiger partial charge in [-0.2, -0.15) is 0 Å². The van der Waals surface area contributed by atoms with E-state index in [-0.39, 0.29) is 19.3 Å². The summed E-state index contributed by atoms with van der Waals surface area (Å²) >= 11 is 6.27. The Morgan fingerprint density at radius 3 is 2.79 bits per heavy atom. The number of likely N-dealkylation sites (N-methyl/N-ethyl adjacent to an activating group) is 1. The van der Waals surface area contributed by atoms with Crippen molar-refractivity contribution in [3.8, 4) is 28.4 Å². The topological polar surface area (TPSA) is 71.5 Å². The number of ether oxygens (including phenoxy) is 3. The average molecular weight is 419 g/mol. The molecular formula is C21H23ClN2O5. The fraction of sp³-hybridized carbons (Fsp3) is 0.381. The molecule has 2 aliphatic heterocycles. The molecule has 2 aromatic rings. The van der Waals surface area contributed by atoms with Crippen LogP contribution in [0.3, 0.4) is 0 Å². The zero-order chi connectivity index (χ0) is 20.4. The molecule has 2 heterocycles. The summed E-state index contributed by atoms with van der Waals surface area (Å²) in [4.78, 5) is 15.4. The van der Waals surface area contributed by atoms with E-state index in [1.165, 1.54) is 0 Å². The van der Waals surface area contributed by atoms with Gasteiger partial charge in [0.05, 0.1) is 6.54 Å². The zero-order valence-corrected chi connectivity index (χ0v) is 16.9. The summed E-state index contributed by atoms with van der Waals surface area (Å²) in [5, 5.41) is 10.9. The lowest BCUT2D eigenvalue weighted by molar-refractivity contribution is -0.135. The fourth-order valence-corrected chi connectivity index (χ4v) is 3.62. The Kier molecular flexibility index (Phi) is 5.80. The van der Waals surface area contributed by atoms with E-state index >= 15 is 0 Å². The van der Waals surface area contributed by atoms with Crippen LogP contribution in [0.4, 0.5) is 0 Å². The number of aliphatic hydroxyl groups is 1. The molecule has 7 nitrogen and oxygen atoms in total. The third-order valence-corrected chi connectivity index (χ3v) is 5.24. The maximum atomic E-state index is 11.8. The minimum atomic E-state index is -0.709. The minimum absolute atomic E-state index is 0.0626. The largest absolute Gasteiger partial charge is 0.491 e. The van der Waals surface area contributed by atoms with Gasteiger partial charge in [0.25, 0.3) is 0 Å². The van der Waals surface area contributed by atoms with Crippen LogP contribution in [-0.4, -0.2) is 73.5 Å². The number of β-amino-alcohol motifs (C(OH)–C–C–N with tert-alkyl or cyclic N) is 1. The highest BCUT2D eigenvalue weighted by atomic mass is 35.5. The first-order chi connectivity index (χ1) is 14.0. The van der Waals surface area contributed by atoms with Crippen molar-refractivity contribution in [1.82, 2.24) is 9.80 Å². The molecule has 8 heteroatoms. The lowest BCUT2D eigenvalue weighted by Crippen LogP contribution is -2.51. The molecule has 1 fully saturated rings. The van der Waals surface area contributed by atoms with E-state index in [0.717, 1.165) is 23.4 Å². The number of amides is 1. The molecule has 0 aliphatic carbocycles. The van der Waals surface area contributed by atoms with Crippen LogP contribution >= 0.6 is 11.6 Å². The van der Waals surface area contributed by atoms with Gasteiger partial charge in [-0.1, -0.05) is 17.7 Å². The highest BCUT2D eigenvalue weighted by molar-refractivity contribution is 6.31. The predicted octanol–water partition coefficient (Wildman–Crippen LogP) is 2.25. The molecule has 29 heavy (non-hydrogen) atoms. The number of nitrogens with zero attached hydrogens (tertiary/aromatic N) is 2. The predicted molar refractivity (Wildman–Crippen MR) is 109 cm³/mol. The van der Waals surface area contributed by atoms with E-state index in [9.17, 15) is 9.90 Å². The van der Waals surface area contributed by atoms with Crippen molar-refractivity contribution in [3.63, 3.8) is 0 Å². The summed E-state index contributed by atoms with van der Waals surface area (Å²) in [6, 6.07) is 11.1. The number of halogens is 1. The Balaban J connectivity index is 1.38. The van der Waals surface area contributed by atoms with E-state index in [0.29, 0.717) is 36.2 Å². The molecule has 1 N–H and O–H groups in total. The quantitative estimate of drug-likeness (QED) is 0.775. The summed E-state index contributed by atoms with van der Waals surface area (Å²) in [6.45, 7) is 2.44. The molecule has 0 spiro atoms. The molecule has 4 rings (SSSR count). The van der Waals surface area contributed by atoms with Gasteiger partial charge in [-0.15, -0.1) is 0 Å². The van der Waals surface area contributed by atoms with Crippen molar-refractivity contribution in [2.45, 2.75) is 6.10 Å². The Labute approximate surface area is 174 Å². The molecular weight excluding hydrogens is 396 g/mol. The average Bonchev–Trinajstić information content (AvgIpc) is 3.17. The molecule has 154 valence electrons. The third kappa shape index (κ3) is 4.75. The van der Waals surface area contributed by atoms with Crippen LogP contribution in [0.1, 0.15) is 0 Å². The molecule has 1 amide bonds. The number of hydrogen-bond acceptors (Lipinski definition) is 6. The van der Waals surface area contributed by atoms with Crippen LogP contribution in [0.25, 0.3) is 11.1 Å². The molecule has 2 aliphatic rings. The first-order valence-corrected chi connectivity index (χ1v) is 9.83. The molecule has 0 radical (unpaired) electrons. The molecule has 0 aromatic heterocycles. The van der Waals surface area contributed by atoms with Gasteiger partial charge in [0.1, 0.15) is 18.5 Å². The van der Waals surface area contributed by atoms with Crippen molar-refractivity contribution in [2.24, 2.45) is 0 Å². The minimum Gasteiger partial charge on any atom is -0.491 e. The van der Waals surface area contributed by atoms with Crippen molar-refractivity contribution < 1.29 is 24.1 Å². The number of hydrogen-bond donors (Lipinski definition) is 1. The number of carbonyl (C=O) groups is 1. The summed E-state index contributed by atoms with van der Waals surface area (Å²) in [5.41, 5.74) is 1.81. The Hall–Kier alpha value is -2.48. The van der Waals surface area contributed by atoms with Crippen LogP contribution in [-0.2, 0) is 4.79 Å². The number of aliphatic hydroxyl groups excluding tert-OH is 1. The summed E-state index contributed by atoms with van der Waals surface area (Å²) in [5.74, 6) is 2.05. The van der Waals surface area contributed by atoms with Crippen LogP contribution < -0.4 is 14.2 Å². The van der Waals surface area contributed by atoms with Crippen molar-refractivity contribution in [2.75, 3.05) is 46.6 Å². The van der Waals surface area contributed by atoms with Crippen LogP contribution in [0.2, 0.25) is 5.02 Å². The van der Waals surface area contributed by atoms with Gasteiger partial charge in [0.15, 0.2) is 11.5 Å². The first kappa shape index (κ1) is 19.8. The van der Waals surface area contributed by atoms with Crippen molar-refractivity contribution >= 4 is 17.5 Å². The summed E-state index contributed by atoms with van der Waals surface area (Å²) in [7, 11) is 1.79. The second kappa shape index (κ2) is 8.49. The number of fused-ring (bicyclic) bond motifs is 1. The maximum absolute atomic E-state index is 11.8. The number of piperazine rings is 1. The molecule has 1 saturated heterocycles. The second-order valence-electron chi connectivity index (χ2n) is 7.26. The van der Waals surface area contributed by atoms with Crippen LogP contribution in [0.5, 0.6) is 17.2 Å². The monoisotopic (exact) mass is 418 g/mol. The SMILES string of the molecule is CN1CCN(CC(O)COc2cc(Cl)cc(-c3ccc4c(c3)OCO4)c2)CC1=O.